The molecule has 1 aliphatic rings. The van der Waals surface area contributed by atoms with Crippen LogP contribution >= 0.6 is 11.8 Å². The van der Waals surface area contributed by atoms with E-state index in [1.54, 1.807) is 5.56 Å². The molecule has 2 unspecified atom stereocenters. The van der Waals surface area contributed by atoms with E-state index in [1.165, 1.54) is 37.1 Å². The summed E-state index contributed by atoms with van der Waals surface area (Å²) < 4.78 is 0. The molecule has 0 fully saturated rings. The van der Waals surface area contributed by atoms with Crippen molar-refractivity contribution in [3.8, 4) is 0 Å². The summed E-state index contributed by atoms with van der Waals surface area (Å²) in [6, 6.07) is 8.88. The van der Waals surface area contributed by atoms with Crippen LogP contribution in [0.4, 0.5) is 0 Å². The molecule has 0 saturated heterocycles. The summed E-state index contributed by atoms with van der Waals surface area (Å²) in [6.07, 6.45) is 5.22. The largest absolute Gasteiger partial charge is 0.316 e. The Labute approximate surface area is 116 Å². The highest BCUT2D eigenvalue weighted by molar-refractivity contribution is 8.00. The molecule has 1 aromatic rings. The average Bonchev–Trinajstić information content (AvgIpc) is 2.79. The predicted octanol–water partition coefficient (Wildman–Crippen LogP) is 4.12. The number of benzene rings is 1. The van der Waals surface area contributed by atoms with Gasteiger partial charge in [0.1, 0.15) is 0 Å². The minimum Gasteiger partial charge on any atom is -0.316 e. The molecule has 2 heteroatoms. The summed E-state index contributed by atoms with van der Waals surface area (Å²) in [5, 5.41) is 4.34. The molecule has 0 aromatic heterocycles. The van der Waals surface area contributed by atoms with Gasteiger partial charge in [0.25, 0.3) is 0 Å². The third-order valence-electron chi connectivity index (χ3n) is 3.61. The summed E-state index contributed by atoms with van der Waals surface area (Å²) in [5.74, 6) is 0.806. The molecule has 0 spiro atoms. The zero-order valence-corrected chi connectivity index (χ0v) is 12.4. The molecule has 0 radical (unpaired) electrons. The fourth-order valence-electron chi connectivity index (χ4n) is 2.51. The van der Waals surface area contributed by atoms with Crippen molar-refractivity contribution in [1.29, 1.82) is 0 Å². The molecular weight excluding hydrogens is 238 g/mol. The fourth-order valence-corrected chi connectivity index (χ4v) is 3.85. The summed E-state index contributed by atoms with van der Waals surface area (Å²) in [7, 11) is 0. The van der Waals surface area contributed by atoms with Gasteiger partial charge in [0.2, 0.25) is 0 Å². The second-order valence-corrected chi connectivity index (χ2v) is 6.78. The second kappa shape index (κ2) is 7.20. The van der Waals surface area contributed by atoms with E-state index < -0.39 is 0 Å². The summed E-state index contributed by atoms with van der Waals surface area (Å²) in [6.45, 7) is 6.94. The first-order valence-corrected chi connectivity index (χ1v) is 8.12. The highest BCUT2D eigenvalue weighted by atomic mass is 32.2. The molecule has 2 rings (SSSR count). The number of fused-ring (bicyclic) bond motifs is 1. The Morgan fingerprint density at radius 1 is 1.39 bits per heavy atom. The van der Waals surface area contributed by atoms with Crippen LogP contribution in [0.1, 0.15) is 38.7 Å². The van der Waals surface area contributed by atoms with Gasteiger partial charge in [-0.15, -0.1) is 11.8 Å². The van der Waals surface area contributed by atoms with Gasteiger partial charge in [-0.25, -0.2) is 0 Å². The Kier molecular flexibility index (Phi) is 5.58. The standard InChI is InChI=1S/C16H25NS/c1-3-10-17-12-13(2)8-9-15-11-14-6-4-5-7-16(14)18-15/h4-7,13,15,17H,3,8-12H2,1-2H3. The third kappa shape index (κ3) is 4.03. The van der Waals surface area contributed by atoms with E-state index in [-0.39, 0.29) is 0 Å². The van der Waals surface area contributed by atoms with Gasteiger partial charge in [0, 0.05) is 10.1 Å². The van der Waals surface area contributed by atoms with Crippen LogP contribution < -0.4 is 5.32 Å². The van der Waals surface area contributed by atoms with Crippen molar-refractivity contribution >= 4 is 11.8 Å². The lowest BCUT2D eigenvalue weighted by atomic mass is 10.0. The minimum absolute atomic E-state index is 0.806. The van der Waals surface area contributed by atoms with Gasteiger partial charge in [0.15, 0.2) is 0 Å². The first-order chi connectivity index (χ1) is 8.79. The lowest BCUT2D eigenvalue weighted by Crippen LogP contribution is -2.22. The van der Waals surface area contributed by atoms with Gasteiger partial charge in [-0.2, -0.15) is 0 Å². The number of rotatable bonds is 7. The van der Waals surface area contributed by atoms with E-state index in [9.17, 15) is 0 Å². The second-order valence-electron chi connectivity index (χ2n) is 5.44. The van der Waals surface area contributed by atoms with Gasteiger partial charge >= 0.3 is 0 Å². The molecular formula is C16H25NS. The van der Waals surface area contributed by atoms with Crippen molar-refractivity contribution in [2.75, 3.05) is 13.1 Å². The minimum atomic E-state index is 0.806. The summed E-state index contributed by atoms with van der Waals surface area (Å²) in [5.41, 5.74) is 1.56. The molecule has 18 heavy (non-hydrogen) atoms. The van der Waals surface area contributed by atoms with Gasteiger partial charge in [-0.3, -0.25) is 0 Å². The zero-order chi connectivity index (χ0) is 12.8. The molecule has 1 N–H and O–H groups in total. The van der Waals surface area contributed by atoms with E-state index in [4.69, 9.17) is 0 Å². The number of hydrogen-bond acceptors (Lipinski definition) is 2. The Bertz CT molecular complexity index is 339. The van der Waals surface area contributed by atoms with Crippen molar-refractivity contribution in [1.82, 2.24) is 5.32 Å². The van der Waals surface area contributed by atoms with Crippen LogP contribution in [0.3, 0.4) is 0 Å². The molecule has 0 amide bonds. The third-order valence-corrected chi connectivity index (χ3v) is 5.00. The van der Waals surface area contributed by atoms with E-state index in [1.807, 2.05) is 0 Å². The number of nitrogens with one attached hydrogen (secondary N) is 1. The molecule has 0 aliphatic carbocycles. The number of hydrogen-bond donors (Lipinski definition) is 1. The maximum Gasteiger partial charge on any atom is 0.0135 e. The summed E-state index contributed by atoms with van der Waals surface area (Å²) >= 11 is 2.09. The van der Waals surface area contributed by atoms with E-state index in [0.717, 1.165) is 17.7 Å². The van der Waals surface area contributed by atoms with Gasteiger partial charge < -0.3 is 5.32 Å². The highest BCUT2D eigenvalue weighted by Gasteiger charge is 2.21. The normalized spacial score (nSPS) is 19.8. The fraction of sp³-hybridized carbons (Fsp3) is 0.625. The van der Waals surface area contributed by atoms with Crippen molar-refractivity contribution < 1.29 is 0 Å². The molecule has 100 valence electrons. The van der Waals surface area contributed by atoms with Crippen molar-refractivity contribution in [3.63, 3.8) is 0 Å². The Morgan fingerprint density at radius 2 is 2.22 bits per heavy atom. The van der Waals surface area contributed by atoms with Crippen LogP contribution in [0.25, 0.3) is 0 Å². The van der Waals surface area contributed by atoms with Crippen LogP contribution in [-0.2, 0) is 6.42 Å². The monoisotopic (exact) mass is 263 g/mol. The van der Waals surface area contributed by atoms with Crippen LogP contribution in [-0.4, -0.2) is 18.3 Å². The smallest absolute Gasteiger partial charge is 0.0135 e. The first kappa shape index (κ1) is 14.0. The lowest BCUT2D eigenvalue weighted by molar-refractivity contribution is 0.463. The van der Waals surface area contributed by atoms with Crippen molar-refractivity contribution in [2.45, 2.75) is 49.7 Å². The topological polar surface area (TPSA) is 12.0 Å². The Hall–Kier alpha value is -0.470. The van der Waals surface area contributed by atoms with Crippen LogP contribution in [0.15, 0.2) is 29.2 Å². The SMILES string of the molecule is CCCNCC(C)CCC1Cc2ccccc2S1. The molecule has 1 aliphatic heterocycles. The first-order valence-electron chi connectivity index (χ1n) is 7.25. The Balaban J connectivity index is 1.67. The van der Waals surface area contributed by atoms with Crippen LogP contribution in [0, 0.1) is 5.92 Å². The maximum atomic E-state index is 3.52. The van der Waals surface area contributed by atoms with E-state index >= 15 is 0 Å². The molecule has 0 saturated carbocycles. The molecule has 1 heterocycles. The van der Waals surface area contributed by atoms with Crippen molar-refractivity contribution in [2.24, 2.45) is 5.92 Å². The van der Waals surface area contributed by atoms with E-state index in [2.05, 4.69) is 55.2 Å². The van der Waals surface area contributed by atoms with Gasteiger partial charge in [0.05, 0.1) is 0 Å². The quantitative estimate of drug-likeness (QED) is 0.743. The zero-order valence-electron chi connectivity index (χ0n) is 11.6. The molecule has 2 atom stereocenters. The van der Waals surface area contributed by atoms with Gasteiger partial charge in [-0.05, 0) is 56.3 Å². The molecule has 1 aromatic carbocycles. The number of thioether (sulfide) groups is 1. The lowest BCUT2D eigenvalue weighted by Gasteiger charge is -2.14. The maximum absolute atomic E-state index is 3.52. The highest BCUT2D eigenvalue weighted by Crippen LogP contribution is 2.39. The average molecular weight is 263 g/mol. The predicted molar refractivity (Wildman–Crippen MR) is 81.3 cm³/mol. The van der Waals surface area contributed by atoms with Crippen LogP contribution in [0.5, 0.6) is 0 Å². The Morgan fingerprint density at radius 3 is 3.00 bits per heavy atom. The van der Waals surface area contributed by atoms with E-state index in [0.29, 0.717) is 0 Å². The molecule has 1 nitrogen and oxygen atoms in total. The van der Waals surface area contributed by atoms with Gasteiger partial charge in [-0.1, -0.05) is 32.0 Å². The molecule has 0 bridgehead atoms. The summed E-state index contributed by atoms with van der Waals surface area (Å²) in [4.78, 5) is 1.51. The van der Waals surface area contributed by atoms with Crippen molar-refractivity contribution in [3.05, 3.63) is 29.8 Å². The van der Waals surface area contributed by atoms with Crippen LogP contribution in [0.2, 0.25) is 0 Å².